The van der Waals surface area contributed by atoms with E-state index in [0.717, 1.165) is 12.8 Å². The van der Waals surface area contributed by atoms with Gasteiger partial charge >= 0.3 is 6.18 Å². The molecule has 6 heteroatoms. The van der Waals surface area contributed by atoms with Gasteiger partial charge in [-0.15, -0.1) is 0 Å². The molecule has 1 fully saturated rings. The first-order chi connectivity index (χ1) is 7.90. The number of rotatable bonds is 7. The van der Waals surface area contributed by atoms with Crippen LogP contribution in [0.2, 0.25) is 0 Å². The highest BCUT2D eigenvalue weighted by molar-refractivity contribution is 5.78. The Morgan fingerprint density at radius 3 is 2.53 bits per heavy atom. The average Bonchev–Trinajstić information content (AvgIpc) is 2.98. The lowest BCUT2D eigenvalue weighted by Gasteiger charge is -2.17. The van der Waals surface area contributed by atoms with E-state index in [1.54, 1.807) is 0 Å². The van der Waals surface area contributed by atoms with Crippen molar-refractivity contribution in [2.75, 3.05) is 13.1 Å². The molecule has 1 atom stereocenters. The SMILES string of the molecule is CCC(CC1CC1)NC(=O)CNCC(F)(F)F. The molecule has 0 aromatic heterocycles. The zero-order valence-electron chi connectivity index (χ0n) is 9.94. The van der Waals surface area contributed by atoms with Crippen molar-refractivity contribution in [1.29, 1.82) is 0 Å². The normalized spacial score (nSPS) is 17.9. The number of hydrogen-bond acceptors (Lipinski definition) is 2. The predicted octanol–water partition coefficient (Wildman–Crippen LogP) is 1.83. The number of nitrogens with one attached hydrogen (secondary N) is 2. The van der Waals surface area contributed by atoms with Crippen molar-refractivity contribution in [2.24, 2.45) is 5.92 Å². The molecule has 0 bridgehead atoms. The van der Waals surface area contributed by atoms with Gasteiger partial charge in [-0.05, 0) is 18.8 Å². The van der Waals surface area contributed by atoms with Gasteiger partial charge in [-0.3, -0.25) is 4.79 Å². The van der Waals surface area contributed by atoms with Gasteiger partial charge in [0.25, 0.3) is 0 Å². The van der Waals surface area contributed by atoms with E-state index in [0.29, 0.717) is 5.92 Å². The first-order valence-corrected chi connectivity index (χ1v) is 5.97. The van der Waals surface area contributed by atoms with Gasteiger partial charge in [-0.2, -0.15) is 13.2 Å². The molecular formula is C11H19F3N2O. The fraction of sp³-hybridized carbons (Fsp3) is 0.909. The molecule has 0 saturated heterocycles. The third kappa shape index (κ3) is 7.20. The molecule has 3 nitrogen and oxygen atoms in total. The minimum Gasteiger partial charge on any atom is -0.352 e. The van der Waals surface area contributed by atoms with Crippen molar-refractivity contribution in [1.82, 2.24) is 10.6 Å². The minimum absolute atomic E-state index is 0.0997. The molecule has 1 rings (SSSR count). The Labute approximate surface area is 99.1 Å². The Hall–Kier alpha value is -0.780. The van der Waals surface area contributed by atoms with E-state index < -0.39 is 12.7 Å². The lowest BCUT2D eigenvalue weighted by molar-refractivity contribution is -0.128. The number of carbonyl (C=O) groups excluding carboxylic acids is 1. The van der Waals surface area contributed by atoms with E-state index in [2.05, 4.69) is 10.6 Å². The van der Waals surface area contributed by atoms with Gasteiger partial charge in [0.05, 0.1) is 13.1 Å². The van der Waals surface area contributed by atoms with Crippen LogP contribution in [0, 0.1) is 5.92 Å². The smallest absolute Gasteiger partial charge is 0.352 e. The van der Waals surface area contributed by atoms with Crippen molar-refractivity contribution in [2.45, 2.75) is 44.8 Å². The van der Waals surface area contributed by atoms with Crippen LogP contribution in [-0.4, -0.2) is 31.2 Å². The van der Waals surface area contributed by atoms with Crippen molar-refractivity contribution in [3.05, 3.63) is 0 Å². The fourth-order valence-corrected chi connectivity index (χ4v) is 1.68. The molecule has 0 heterocycles. The Bertz CT molecular complexity index is 252. The summed E-state index contributed by atoms with van der Waals surface area (Å²) >= 11 is 0. The van der Waals surface area contributed by atoms with Crippen LogP contribution in [0.1, 0.15) is 32.6 Å². The average molecular weight is 252 g/mol. The maximum absolute atomic E-state index is 11.8. The summed E-state index contributed by atoms with van der Waals surface area (Å²) in [7, 11) is 0. The van der Waals surface area contributed by atoms with Gasteiger partial charge in [0.15, 0.2) is 0 Å². The van der Waals surface area contributed by atoms with Crippen molar-refractivity contribution in [3.63, 3.8) is 0 Å². The standard InChI is InChI=1S/C11H19F3N2O/c1-2-9(5-8-3-4-8)16-10(17)6-15-7-11(12,13)14/h8-9,15H,2-7H2,1H3,(H,16,17). The molecule has 1 aliphatic rings. The van der Waals surface area contributed by atoms with Gasteiger partial charge in [-0.25, -0.2) is 0 Å². The monoisotopic (exact) mass is 252 g/mol. The van der Waals surface area contributed by atoms with Gasteiger partial charge in [0.2, 0.25) is 5.91 Å². The second-order valence-corrected chi connectivity index (χ2v) is 4.57. The van der Waals surface area contributed by atoms with Crippen molar-refractivity contribution >= 4 is 5.91 Å². The summed E-state index contributed by atoms with van der Waals surface area (Å²) in [5.41, 5.74) is 0. The maximum atomic E-state index is 11.8. The molecule has 1 unspecified atom stereocenters. The van der Waals surface area contributed by atoms with Gasteiger partial charge in [-0.1, -0.05) is 19.8 Å². The highest BCUT2D eigenvalue weighted by atomic mass is 19.4. The first kappa shape index (κ1) is 14.3. The number of amides is 1. The van der Waals surface area contributed by atoms with Gasteiger partial charge < -0.3 is 10.6 Å². The summed E-state index contributed by atoms with van der Waals surface area (Å²) in [5.74, 6) is 0.338. The minimum atomic E-state index is -4.27. The highest BCUT2D eigenvalue weighted by Gasteiger charge is 2.27. The molecule has 0 aromatic carbocycles. The predicted molar refractivity (Wildman–Crippen MR) is 58.5 cm³/mol. The fourth-order valence-electron chi connectivity index (χ4n) is 1.68. The van der Waals surface area contributed by atoms with E-state index in [9.17, 15) is 18.0 Å². The molecule has 1 amide bonds. The van der Waals surface area contributed by atoms with Crippen LogP contribution in [0.3, 0.4) is 0 Å². The van der Waals surface area contributed by atoms with E-state index >= 15 is 0 Å². The number of hydrogen-bond donors (Lipinski definition) is 2. The summed E-state index contributed by atoms with van der Waals surface area (Å²) in [6.07, 6.45) is -0.0845. The molecule has 0 aromatic rings. The Morgan fingerprint density at radius 2 is 2.06 bits per heavy atom. The number of alkyl halides is 3. The third-order valence-corrected chi connectivity index (χ3v) is 2.78. The molecule has 100 valence electrons. The van der Waals surface area contributed by atoms with Crippen LogP contribution < -0.4 is 10.6 Å². The van der Waals surface area contributed by atoms with Crippen LogP contribution >= 0.6 is 0 Å². The Balaban J connectivity index is 2.13. The third-order valence-electron chi connectivity index (χ3n) is 2.78. The molecule has 1 aliphatic carbocycles. The summed E-state index contributed by atoms with van der Waals surface area (Å²) in [6, 6.07) is 0.0997. The lowest BCUT2D eigenvalue weighted by atomic mass is 10.1. The molecular weight excluding hydrogens is 233 g/mol. The number of halogens is 3. The topological polar surface area (TPSA) is 41.1 Å². The molecule has 1 saturated carbocycles. The molecule has 0 aliphatic heterocycles. The second kappa shape index (κ2) is 6.23. The second-order valence-electron chi connectivity index (χ2n) is 4.57. The van der Waals surface area contributed by atoms with E-state index in [1.807, 2.05) is 6.92 Å². The molecule has 2 N–H and O–H groups in total. The molecule has 0 spiro atoms. The molecule has 0 radical (unpaired) electrons. The largest absolute Gasteiger partial charge is 0.401 e. The van der Waals surface area contributed by atoms with Crippen LogP contribution in [0.5, 0.6) is 0 Å². The summed E-state index contributed by atoms with van der Waals surface area (Å²) < 4.78 is 35.5. The highest BCUT2D eigenvalue weighted by Crippen LogP contribution is 2.33. The van der Waals surface area contributed by atoms with Crippen LogP contribution in [0.15, 0.2) is 0 Å². The van der Waals surface area contributed by atoms with Crippen molar-refractivity contribution in [3.8, 4) is 0 Å². The number of carbonyl (C=O) groups is 1. The van der Waals surface area contributed by atoms with E-state index in [4.69, 9.17) is 0 Å². The van der Waals surface area contributed by atoms with Crippen LogP contribution in [0.4, 0.5) is 13.2 Å². The summed E-state index contributed by atoms with van der Waals surface area (Å²) in [4.78, 5) is 11.4. The Morgan fingerprint density at radius 1 is 1.41 bits per heavy atom. The quantitative estimate of drug-likeness (QED) is 0.726. The lowest BCUT2D eigenvalue weighted by Crippen LogP contribution is -2.42. The summed E-state index contributed by atoms with van der Waals surface area (Å²) in [6.45, 7) is 0.566. The Kier molecular flexibility index (Phi) is 5.24. The summed E-state index contributed by atoms with van der Waals surface area (Å²) in [5, 5.41) is 4.84. The van der Waals surface area contributed by atoms with Crippen molar-refractivity contribution < 1.29 is 18.0 Å². The molecule has 17 heavy (non-hydrogen) atoms. The van der Waals surface area contributed by atoms with E-state index in [-0.39, 0.29) is 18.5 Å². The maximum Gasteiger partial charge on any atom is 0.401 e. The van der Waals surface area contributed by atoms with Gasteiger partial charge in [0, 0.05) is 6.04 Å². The van der Waals surface area contributed by atoms with E-state index in [1.165, 1.54) is 12.8 Å². The van der Waals surface area contributed by atoms with Crippen LogP contribution in [0.25, 0.3) is 0 Å². The van der Waals surface area contributed by atoms with Gasteiger partial charge in [0.1, 0.15) is 0 Å². The zero-order valence-corrected chi connectivity index (χ0v) is 9.94. The zero-order chi connectivity index (χ0) is 12.9. The van der Waals surface area contributed by atoms with Crippen LogP contribution in [-0.2, 0) is 4.79 Å². The first-order valence-electron chi connectivity index (χ1n) is 5.97.